The van der Waals surface area contributed by atoms with E-state index in [1.165, 1.54) is 11.9 Å². The average Bonchev–Trinajstić information content (AvgIpc) is 2.31. The molecule has 0 radical (unpaired) electrons. The van der Waals surface area contributed by atoms with E-state index in [2.05, 4.69) is 5.32 Å². The van der Waals surface area contributed by atoms with Gasteiger partial charge < -0.3 is 20.1 Å². The molecule has 116 valence electrons. The van der Waals surface area contributed by atoms with Crippen LogP contribution < -0.4 is 5.32 Å². The number of carbonyl (C=O) groups is 3. The Morgan fingerprint density at radius 2 is 1.85 bits per heavy atom. The van der Waals surface area contributed by atoms with Gasteiger partial charge in [0.25, 0.3) is 0 Å². The molecule has 0 saturated heterocycles. The van der Waals surface area contributed by atoms with Crippen LogP contribution in [0.15, 0.2) is 0 Å². The zero-order valence-electron chi connectivity index (χ0n) is 12.7. The molecular formula is C13H24N2O5. The number of nitrogens with zero attached hydrogens (tertiary/aromatic N) is 1. The lowest BCUT2D eigenvalue weighted by Crippen LogP contribution is -2.52. The largest absolute Gasteiger partial charge is 0.480 e. The second-order valence-electron chi connectivity index (χ2n) is 5.56. The van der Waals surface area contributed by atoms with Gasteiger partial charge in [-0.25, -0.2) is 9.59 Å². The van der Waals surface area contributed by atoms with Gasteiger partial charge in [-0.15, -0.1) is 0 Å². The van der Waals surface area contributed by atoms with Crippen LogP contribution in [-0.4, -0.2) is 54.2 Å². The monoisotopic (exact) mass is 288 g/mol. The first-order valence-corrected chi connectivity index (χ1v) is 6.49. The van der Waals surface area contributed by atoms with Gasteiger partial charge in [0.2, 0.25) is 0 Å². The maximum atomic E-state index is 11.9. The number of aliphatic carboxylic acids is 1. The number of carboxylic acids is 1. The second kappa shape index (κ2) is 7.72. The quantitative estimate of drug-likeness (QED) is 0.713. The Kier molecular flexibility index (Phi) is 7.02. The summed E-state index contributed by atoms with van der Waals surface area (Å²) in [5, 5.41) is 11.6. The number of rotatable bonds is 6. The molecular weight excluding hydrogens is 264 g/mol. The molecule has 0 aliphatic carbocycles. The molecule has 0 unspecified atom stereocenters. The minimum absolute atomic E-state index is 0.0744. The highest BCUT2D eigenvalue weighted by molar-refractivity contribution is 5.83. The maximum absolute atomic E-state index is 11.9. The number of esters is 1. The van der Waals surface area contributed by atoms with Gasteiger partial charge >= 0.3 is 18.0 Å². The van der Waals surface area contributed by atoms with E-state index in [0.29, 0.717) is 6.61 Å². The molecule has 0 aromatic rings. The molecule has 0 saturated carbocycles. The topological polar surface area (TPSA) is 95.9 Å². The van der Waals surface area contributed by atoms with Gasteiger partial charge in [0, 0.05) is 13.6 Å². The smallest absolute Gasteiger partial charge is 0.326 e. The number of urea groups is 1. The number of nitrogens with one attached hydrogen (secondary N) is 1. The van der Waals surface area contributed by atoms with Gasteiger partial charge in [-0.05, 0) is 12.3 Å². The van der Waals surface area contributed by atoms with Crippen LogP contribution in [0, 0.1) is 5.41 Å². The first-order valence-electron chi connectivity index (χ1n) is 6.49. The van der Waals surface area contributed by atoms with Crippen LogP contribution in [0.25, 0.3) is 0 Å². The summed E-state index contributed by atoms with van der Waals surface area (Å²) in [5.74, 6) is -1.48. The Bertz CT molecular complexity index is 362. The third-order valence-electron chi connectivity index (χ3n) is 2.68. The van der Waals surface area contributed by atoms with Crippen LogP contribution in [0.5, 0.6) is 0 Å². The standard InChI is InChI=1S/C13H24N2O5/c1-6-20-9(16)7-8-15(5)12(19)14-10(11(17)18)13(2,3)4/h10H,6-8H2,1-5H3,(H,14,19)(H,17,18)/t10-/m0/s1. The lowest BCUT2D eigenvalue weighted by molar-refractivity contribution is -0.144. The predicted molar refractivity (Wildman–Crippen MR) is 73.3 cm³/mol. The third kappa shape index (κ3) is 6.40. The van der Waals surface area contributed by atoms with Crippen molar-refractivity contribution < 1.29 is 24.2 Å². The van der Waals surface area contributed by atoms with Crippen LogP contribution >= 0.6 is 0 Å². The highest BCUT2D eigenvalue weighted by Gasteiger charge is 2.33. The lowest BCUT2D eigenvalue weighted by Gasteiger charge is -2.29. The zero-order valence-corrected chi connectivity index (χ0v) is 12.7. The Balaban J connectivity index is 4.44. The van der Waals surface area contributed by atoms with E-state index in [4.69, 9.17) is 9.84 Å². The normalized spacial score (nSPS) is 12.4. The highest BCUT2D eigenvalue weighted by atomic mass is 16.5. The first kappa shape index (κ1) is 18.2. The van der Waals surface area contributed by atoms with Crippen molar-refractivity contribution >= 4 is 18.0 Å². The first-order chi connectivity index (χ1) is 9.09. The predicted octanol–water partition coefficient (Wildman–Crippen LogP) is 1.08. The third-order valence-corrected chi connectivity index (χ3v) is 2.68. The summed E-state index contributed by atoms with van der Waals surface area (Å²) in [5.41, 5.74) is -0.608. The Hall–Kier alpha value is -1.79. The summed E-state index contributed by atoms with van der Waals surface area (Å²) in [6.07, 6.45) is 0.0744. The van der Waals surface area contributed by atoms with Crippen molar-refractivity contribution in [3.05, 3.63) is 0 Å². The number of amides is 2. The zero-order chi connectivity index (χ0) is 15.9. The molecule has 0 fully saturated rings. The fourth-order valence-corrected chi connectivity index (χ4v) is 1.48. The summed E-state index contributed by atoms with van der Waals surface area (Å²) in [6, 6.07) is -1.53. The maximum Gasteiger partial charge on any atom is 0.326 e. The van der Waals surface area contributed by atoms with Crippen molar-refractivity contribution in [2.45, 2.75) is 40.2 Å². The molecule has 0 rings (SSSR count). The van der Waals surface area contributed by atoms with Crippen LogP contribution in [-0.2, 0) is 14.3 Å². The number of carboxylic acid groups (broad SMARTS) is 1. The molecule has 0 aromatic carbocycles. The Morgan fingerprint density at radius 1 is 1.30 bits per heavy atom. The van der Waals surface area contributed by atoms with Crippen LogP contribution in [0.4, 0.5) is 4.79 Å². The Labute approximate surface area is 119 Å². The van der Waals surface area contributed by atoms with Gasteiger partial charge in [-0.2, -0.15) is 0 Å². The molecule has 0 heterocycles. The number of hydrogen-bond acceptors (Lipinski definition) is 4. The van der Waals surface area contributed by atoms with Gasteiger partial charge in [0.1, 0.15) is 6.04 Å². The van der Waals surface area contributed by atoms with Crippen molar-refractivity contribution in [2.75, 3.05) is 20.2 Å². The number of ether oxygens (including phenoxy) is 1. The summed E-state index contributed by atoms with van der Waals surface area (Å²) in [4.78, 5) is 35.5. The molecule has 7 heteroatoms. The summed E-state index contributed by atoms with van der Waals surface area (Å²) < 4.78 is 4.75. The van der Waals surface area contributed by atoms with Crippen molar-refractivity contribution in [3.8, 4) is 0 Å². The lowest BCUT2D eigenvalue weighted by atomic mass is 9.87. The molecule has 0 aromatic heterocycles. The fraction of sp³-hybridized carbons (Fsp3) is 0.769. The van der Waals surface area contributed by atoms with Crippen LogP contribution in [0.1, 0.15) is 34.1 Å². The van der Waals surface area contributed by atoms with Gasteiger partial charge in [0.15, 0.2) is 0 Å². The molecule has 0 aliphatic rings. The summed E-state index contributed by atoms with van der Waals surface area (Å²) >= 11 is 0. The van der Waals surface area contributed by atoms with E-state index < -0.39 is 29.4 Å². The molecule has 2 N–H and O–H groups in total. The minimum Gasteiger partial charge on any atom is -0.480 e. The molecule has 2 amide bonds. The number of carbonyl (C=O) groups excluding carboxylic acids is 2. The SMILES string of the molecule is CCOC(=O)CCN(C)C(=O)N[C@@H](C(=O)O)C(C)(C)C. The van der Waals surface area contributed by atoms with Crippen molar-refractivity contribution in [1.29, 1.82) is 0 Å². The Morgan fingerprint density at radius 3 is 2.25 bits per heavy atom. The summed E-state index contributed by atoms with van der Waals surface area (Å²) in [6.45, 7) is 7.34. The molecule has 0 spiro atoms. The molecule has 20 heavy (non-hydrogen) atoms. The molecule has 7 nitrogen and oxygen atoms in total. The van der Waals surface area contributed by atoms with Crippen molar-refractivity contribution in [2.24, 2.45) is 5.41 Å². The van der Waals surface area contributed by atoms with Gasteiger partial charge in [-0.3, -0.25) is 4.79 Å². The molecule has 0 bridgehead atoms. The van der Waals surface area contributed by atoms with Crippen LogP contribution in [0.3, 0.4) is 0 Å². The van der Waals surface area contributed by atoms with Gasteiger partial charge in [-0.1, -0.05) is 20.8 Å². The average molecular weight is 288 g/mol. The summed E-state index contributed by atoms with van der Waals surface area (Å²) in [7, 11) is 1.50. The molecule has 1 atom stereocenters. The van der Waals surface area contributed by atoms with Crippen LogP contribution in [0.2, 0.25) is 0 Å². The van der Waals surface area contributed by atoms with E-state index in [-0.39, 0.29) is 13.0 Å². The van der Waals surface area contributed by atoms with E-state index >= 15 is 0 Å². The fourth-order valence-electron chi connectivity index (χ4n) is 1.48. The van der Waals surface area contributed by atoms with Crippen molar-refractivity contribution in [3.63, 3.8) is 0 Å². The van der Waals surface area contributed by atoms with Crippen molar-refractivity contribution in [1.82, 2.24) is 10.2 Å². The van der Waals surface area contributed by atoms with E-state index in [9.17, 15) is 14.4 Å². The van der Waals surface area contributed by atoms with Gasteiger partial charge in [0.05, 0.1) is 13.0 Å². The number of hydrogen-bond donors (Lipinski definition) is 2. The second-order valence-corrected chi connectivity index (χ2v) is 5.56. The van der Waals surface area contributed by atoms with E-state index in [1.807, 2.05) is 0 Å². The highest BCUT2D eigenvalue weighted by Crippen LogP contribution is 2.19. The van der Waals surface area contributed by atoms with E-state index in [0.717, 1.165) is 0 Å². The minimum atomic E-state index is -1.09. The molecule has 0 aliphatic heterocycles. The van der Waals surface area contributed by atoms with E-state index in [1.54, 1.807) is 27.7 Å².